The molecule has 17 heavy (non-hydrogen) atoms. The van der Waals surface area contributed by atoms with E-state index in [0.29, 0.717) is 5.82 Å². The van der Waals surface area contributed by atoms with Gasteiger partial charge >= 0.3 is 0 Å². The SMILES string of the molecule is Cn1cc(-c2nnc(N)c3ccccc23)cn1. The van der Waals surface area contributed by atoms with Crippen LogP contribution in [0.5, 0.6) is 0 Å². The Morgan fingerprint density at radius 3 is 2.59 bits per heavy atom. The molecule has 0 radical (unpaired) electrons. The molecule has 3 rings (SSSR count). The van der Waals surface area contributed by atoms with Crippen LogP contribution in [0.3, 0.4) is 0 Å². The Bertz CT molecular complexity index is 686. The molecule has 0 amide bonds. The fourth-order valence-electron chi connectivity index (χ4n) is 1.88. The number of fused-ring (bicyclic) bond motifs is 1. The molecule has 1 aromatic carbocycles. The van der Waals surface area contributed by atoms with Gasteiger partial charge < -0.3 is 5.73 Å². The lowest BCUT2D eigenvalue weighted by Crippen LogP contribution is -1.96. The van der Waals surface area contributed by atoms with Crippen LogP contribution < -0.4 is 5.73 Å². The monoisotopic (exact) mass is 225 g/mol. The predicted molar refractivity (Wildman–Crippen MR) is 66.2 cm³/mol. The fraction of sp³-hybridized carbons (Fsp3) is 0.0833. The van der Waals surface area contributed by atoms with Crippen molar-refractivity contribution in [2.45, 2.75) is 0 Å². The number of aryl methyl sites for hydroxylation is 1. The second-order valence-corrected chi connectivity index (χ2v) is 3.88. The van der Waals surface area contributed by atoms with Crippen LogP contribution in [0, 0.1) is 0 Å². The van der Waals surface area contributed by atoms with Crippen LogP contribution in [0.2, 0.25) is 0 Å². The summed E-state index contributed by atoms with van der Waals surface area (Å²) in [7, 11) is 1.87. The second kappa shape index (κ2) is 3.55. The second-order valence-electron chi connectivity index (χ2n) is 3.88. The molecule has 5 nitrogen and oxygen atoms in total. The van der Waals surface area contributed by atoms with E-state index >= 15 is 0 Å². The number of hydrogen-bond acceptors (Lipinski definition) is 4. The average molecular weight is 225 g/mol. The molecule has 0 unspecified atom stereocenters. The summed E-state index contributed by atoms with van der Waals surface area (Å²) in [5.74, 6) is 0.452. The first-order chi connectivity index (χ1) is 8.25. The van der Waals surface area contributed by atoms with Gasteiger partial charge in [-0.2, -0.15) is 5.10 Å². The first kappa shape index (κ1) is 9.77. The number of nitrogens with zero attached hydrogens (tertiary/aromatic N) is 4. The Morgan fingerprint density at radius 2 is 1.88 bits per heavy atom. The quantitative estimate of drug-likeness (QED) is 0.683. The molecule has 5 heteroatoms. The summed E-state index contributed by atoms with van der Waals surface area (Å²) < 4.78 is 1.74. The molecule has 0 spiro atoms. The number of anilines is 1. The van der Waals surface area contributed by atoms with Gasteiger partial charge in [0.2, 0.25) is 0 Å². The third-order valence-electron chi connectivity index (χ3n) is 2.69. The van der Waals surface area contributed by atoms with Crippen LogP contribution in [-0.2, 0) is 7.05 Å². The van der Waals surface area contributed by atoms with Crippen LogP contribution in [0.25, 0.3) is 22.0 Å². The molecule has 2 aromatic heterocycles. The summed E-state index contributed by atoms with van der Waals surface area (Å²) >= 11 is 0. The number of hydrogen-bond donors (Lipinski definition) is 1. The van der Waals surface area contributed by atoms with Crippen LogP contribution in [0.4, 0.5) is 5.82 Å². The van der Waals surface area contributed by atoms with E-state index in [4.69, 9.17) is 5.73 Å². The van der Waals surface area contributed by atoms with Crippen molar-refractivity contribution in [2.24, 2.45) is 7.05 Å². The van der Waals surface area contributed by atoms with Crippen LogP contribution >= 0.6 is 0 Å². The Kier molecular flexibility index (Phi) is 2.04. The molecule has 0 aliphatic rings. The lowest BCUT2D eigenvalue weighted by molar-refractivity contribution is 0.768. The topological polar surface area (TPSA) is 69.6 Å². The molecule has 2 N–H and O–H groups in total. The van der Waals surface area contributed by atoms with Crippen molar-refractivity contribution >= 4 is 16.6 Å². The molecule has 0 saturated heterocycles. The maximum absolute atomic E-state index is 5.81. The predicted octanol–water partition coefficient (Wildman–Crippen LogP) is 1.61. The Hall–Kier alpha value is -2.43. The minimum atomic E-state index is 0.452. The zero-order valence-corrected chi connectivity index (χ0v) is 9.33. The molecule has 3 aromatic rings. The Labute approximate surface area is 97.9 Å². The average Bonchev–Trinajstić information content (AvgIpc) is 2.77. The minimum absolute atomic E-state index is 0.452. The van der Waals surface area contributed by atoms with E-state index in [2.05, 4.69) is 15.3 Å². The zero-order valence-electron chi connectivity index (χ0n) is 9.33. The molecule has 0 aliphatic carbocycles. The van der Waals surface area contributed by atoms with Gasteiger partial charge in [-0.1, -0.05) is 24.3 Å². The molecule has 84 valence electrons. The standard InChI is InChI=1S/C12H11N5/c1-17-7-8(6-14-17)11-9-4-2-3-5-10(9)12(13)16-15-11/h2-7H,1H3,(H2,13,16). The van der Waals surface area contributed by atoms with E-state index < -0.39 is 0 Å². The molecule has 2 heterocycles. The van der Waals surface area contributed by atoms with Gasteiger partial charge in [0.1, 0.15) is 5.69 Å². The molecule has 0 atom stereocenters. The van der Waals surface area contributed by atoms with Gasteiger partial charge in [0.15, 0.2) is 5.82 Å². The van der Waals surface area contributed by atoms with Gasteiger partial charge in [-0.25, -0.2) is 0 Å². The molecule has 0 aliphatic heterocycles. The van der Waals surface area contributed by atoms with E-state index in [0.717, 1.165) is 22.0 Å². The summed E-state index contributed by atoms with van der Waals surface area (Å²) in [6, 6.07) is 7.83. The summed E-state index contributed by atoms with van der Waals surface area (Å²) in [4.78, 5) is 0. The van der Waals surface area contributed by atoms with Crippen LogP contribution in [0.15, 0.2) is 36.7 Å². The van der Waals surface area contributed by atoms with E-state index in [1.807, 2.05) is 37.5 Å². The highest BCUT2D eigenvalue weighted by atomic mass is 15.2. The number of nitrogens with two attached hydrogens (primary N) is 1. The van der Waals surface area contributed by atoms with Crippen molar-refractivity contribution in [1.82, 2.24) is 20.0 Å². The van der Waals surface area contributed by atoms with Crippen molar-refractivity contribution in [2.75, 3.05) is 5.73 Å². The first-order valence-corrected chi connectivity index (χ1v) is 5.25. The fourth-order valence-corrected chi connectivity index (χ4v) is 1.88. The number of rotatable bonds is 1. The highest BCUT2D eigenvalue weighted by Crippen LogP contribution is 2.27. The minimum Gasteiger partial charge on any atom is -0.382 e. The molecule has 0 bridgehead atoms. The van der Waals surface area contributed by atoms with Crippen molar-refractivity contribution in [3.05, 3.63) is 36.7 Å². The first-order valence-electron chi connectivity index (χ1n) is 5.25. The number of aromatic nitrogens is 4. The highest BCUT2D eigenvalue weighted by Gasteiger charge is 2.09. The van der Waals surface area contributed by atoms with Gasteiger partial charge in [-0.05, 0) is 0 Å². The van der Waals surface area contributed by atoms with E-state index in [1.165, 1.54) is 0 Å². The summed E-state index contributed by atoms with van der Waals surface area (Å²) in [5, 5.41) is 14.2. The summed E-state index contributed by atoms with van der Waals surface area (Å²) in [6.45, 7) is 0. The van der Waals surface area contributed by atoms with Gasteiger partial charge in [0.25, 0.3) is 0 Å². The van der Waals surface area contributed by atoms with Crippen molar-refractivity contribution in [3.8, 4) is 11.3 Å². The maximum Gasteiger partial charge on any atom is 0.154 e. The Balaban J connectivity index is 2.34. The summed E-state index contributed by atoms with van der Waals surface area (Å²) in [6.07, 6.45) is 3.68. The van der Waals surface area contributed by atoms with Crippen molar-refractivity contribution in [3.63, 3.8) is 0 Å². The van der Waals surface area contributed by atoms with Crippen LogP contribution in [0.1, 0.15) is 0 Å². The van der Waals surface area contributed by atoms with Gasteiger partial charge in [-0.3, -0.25) is 4.68 Å². The van der Waals surface area contributed by atoms with Gasteiger partial charge in [-0.15, -0.1) is 10.2 Å². The Morgan fingerprint density at radius 1 is 1.12 bits per heavy atom. The molecular formula is C12H11N5. The smallest absolute Gasteiger partial charge is 0.154 e. The summed E-state index contributed by atoms with van der Waals surface area (Å²) in [5.41, 5.74) is 7.56. The molecule has 0 saturated carbocycles. The van der Waals surface area contributed by atoms with E-state index in [9.17, 15) is 0 Å². The molecule has 0 fully saturated rings. The largest absolute Gasteiger partial charge is 0.382 e. The number of benzene rings is 1. The van der Waals surface area contributed by atoms with Gasteiger partial charge in [0, 0.05) is 29.6 Å². The highest BCUT2D eigenvalue weighted by molar-refractivity contribution is 5.99. The van der Waals surface area contributed by atoms with Crippen molar-refractivity contribution < 1.29 is 0 Å². The number of nitrogen functional groups attached to an aromatic ring is 1. The van der Waals surface area contributed by atoms with E-state index in [1.54, 1.807) is 10.9 Å². The maximum atomic E-state index is 5.81. The third-order valence-corrected chi connectivity index (χ3v) is 2.69. The molecular weight excluding hydrogens is 214 g/mol. The lowest BCUT2D eigenvalue weighted by atomic mass is 10.1. The van der Waals surface area contributed by atoms with Crippen LogP contribution in [-0.4, -0.2) is 20.0 Å². The van der Waals surface area contributed by atoms with Crippen molar-refractivity contribution in [1.29, 1.82) is 0 Å². The van der Waals surface area contributed by atoms with Gasteiger partial charge in [0.05, 0.1) is 6.20 Å². The zero-order chi connectivity index (χ0) is 11.8. The normalized spacial score (nSPS) is 10.9. The lowest BCUT2D eigenvalue weighted by Gasteiger charge is -2.04. The van der Waals surface area contributed by atoms with E-state index in [-0.39, 0.29) is 0 Å². The third kappa shape index (κ3) is 1.52.